The van der Waals surface area contributed by atoms with Crippen LogP contribution >= 0.6 is 0 Å². The lowest BCUT2D eigenvalue weighted by Crippen LogP contribution is -2.18. The molecule has 0 unspecified atom stereocenters. The van der Waals surface area contributed by atoms with Crippen LogP contribution in [0, 0.1) is 12.1 Å². The molecule has 2 rings (SSSR count). The molecular weight excluding hydrogens is 238 g/mol. The summed E-state index contributed by atoms with van der Waals surface area (Å²) in [4.78, 5) is 6.90. The number of alkyl halides is 3. The van der Waals surface area contributed by atoms with Gasteiger partial charge in [-0.05, 0) is 0 Å². The number of anilines is 1. The highest BCUT2D eigenvalue weighted by atomic mass is 19.4. The molecule has 1 heterocycles. The molecule has 0 saturated heterocycles. The number of halogens is 4. The van der Waals surface area contributed by atoms with Gasteiger partial charge >= 0.3 is 6.18 Å². The number of hydrogen-bond donors (Lipinski definition) is 1. The molecule has 2 aromatic rings. The summed E-state index contributed by atoms with van der Waals surface area (Å²) >= 11 is 0. The first-order valence-electron chi connectivity index (χ1n) is 4.65. The van der Waals surface area contributed by atoms with Gasteiger partial charge in [-0.25, -0.2) is 9.37 Å². The zero-order valence-electron chi connectivity index (χ0n) is 8.98. The summed E-state index contributed by atoms with van der Waals surface area (Å²) in [7, 11) is 2.69. The fraction of sp³-hybridized carbons (Fsp3) is 0.300. The molecule has 0 bridgehead atoms. The van der Waals surface area contributed by atoms with E-state index < -0.39 is 23.2 Å². The summed E-state index contributed by atoms with van der Waals surface area (Å²) < 4.78 is 52.4. The molecular formula is C10H8F4N3. The van der Waals surface area contributed by atoms with E-state index in [2.05, 4.69) is 16.3 Å². The molecule has 1 radical (unpaired) electrons. The lowest BCUT2D eigenvalue weighted by molar-refractivity contribution is -0.136. The molecule has 0 atom stereocenters. The molecule has 1 aromatic heterocycles. The van der Waals surface area contributed by atoms with E-state index in [1.165, 1.54) is 14.1 Å². The average Bonchev–Trinajstić information content (AvgIpc) is 2.60. The van der Waals surface area contributed by atoms with Crippen molar-refractivity contribution in [1.29, 1.82) is 0 Å². The van der Waals surface area contributed by atoms with Crippen molar-refractivity contribution < 1.29 is 17.6 Å². The second-order valence-corrected chi connectivity index (χ2v) is 3.72. The average molecular weight is 246 g/mol. The lowest BCUT2D eigenvalue weighted by Gasteiger charge is -2.20. The van der Waals surface area contributed by atoms with Crippen LogP contribution in [-0.2, 0) is 6.18 Å². The molecule has 0 aliphatic rings. The van der Waals surface area contributed by atoms with Gasteiger partial charge in [-0.15, -0.1) is 0 Å². The minimum Gasteiger partial charge on any atom is -0.375 e. The highest BCUT2D eigenvalue weighted by molar-refractivity contribution is 5.85. The van der Waals surface area contributed by atoms with Gasteiger partial charge in [0.2, 0.25) is 0 Å². The molecule has 0 fully saturated rings. The van der Waals surface area contributed by atoms with E-state index in [0.717, 1.165) is 11.0 Å². The third-order valence-electron chi connectivity index (χ3n) is 2.31. The van der Waals surface area contributed by atoms with Crippen molar-refractivity contribution in [2.75, 3.05) is 19.0 Å². The molecule has 0 amide bonds. The van der Waals surface area contributed by atoms with Gasteiger partial charge in [-0.2, -0.15) is 13.2 Å². The van der Waals surface area contributed by atoms with E-state index in [4.69, 9.17) is 0 Å². The molecule has 7 heteroatoms. The Morgan fingerprint density at radius 1 is 1.35 bits per heavy atom. The molecule has 0 saturated carbocycles. The highest BCUT2D eigenvalue weighted by Gasteiger charge is 2.39. The van der Waals surface area contributed by atoms with Crippen LogP contribution in [0.3, 0.4) is 0 Å². The molecule has 0 spiro atoms. The maximum absolute atomic E-state index is 13.6. The molecule has 17 heavy (non-hydrogen) atoms. The van der Waals surface area contributed by atoms with E-state index in [-0.39, 0.29) is 11.0 Å². The predicted molar refractivity (Wildman–Crippen MR) is 54.2 cm³/mol. The van der Waals surface area contributed by atoms with Crippen LogP contribution in [0.4, 0.5) is 23.2 Å². The van der Waals surface area contributed by atoms with E-state index in [1.54, 1.807) is 0 Å². The quantitative estimate of drug-likeness (QED) is 0.784. The summed E-state index contributed by atoms with van der Waals surface area (Å²) in [5, 5.41) is 0. The van der Waals surface area contributed by atoms with Crippen molar-refractivity contribution in [3.8, 4) is 0 Å². The minimum absolute atomic E-state index is 0.0274. The number of fused-ring (bicyclic) bond motifs is 1. The Bertz CT molecular complexity index is 556. The van der Waals surface area contributed by atoms with E-state index in [9.17, 15) is 17.6 Å². The maximum atomic E-state index is 13.6. The maximum Gasteiger partial charge on any atom is 0.420 e. The largest absolute Gasteiger partial charge is 0.420 e. The monoisotopic (exact) mass is 246 g/mol. The number of benzene rings is 1. The van der Waals surface area contributed by atoms with Crippen molar-refractivity contribution in [3.05, 3.63) is 23.8 Å². The van der Waals surface area contributed by atoms with Gasteiger partial charge in [0.1, 0.15) is 16.9 Å². The van der Waals surface area contributed by atoms with Crippen LogP contribution in [-0.4, -0.2) is 24.1 Å². The summed E-state index contributed by atoms with van der Waals surface area (Å²) in [5.74, 6) is -0.951. The van der Waals surface area contributed by atoms with Gasteiger partial charge in [0.05, 0.1) is 11.2 Å². The highest BCUT2D eigenvalue weighted by Crippen LogP contribution is 2.41. The minimum atomic E-state index is -4.68. The van der Waals surface area contributed by atoms with E-state index >= 15 is 0 Å². The lowest BCUT2D eigenvalue weighted by atomic mass is 10.1. The molecule has 3 nitrogen and oxygen atoms in total. The molecule has 1 aromatic carbocycles. The van der Waals surface area contributed by atoms with Crippen molar-refractivity contribution in [3.63, 3.8) is 0 Å². The van der Waals surface area contributed by atoms with Gasteiger partial charge in [-0.1, -0.05) is 0 Å². The van der Waals surface area contributed by atoms with Crippen LogP contribution < -0.4 is 4.90 Å². The van der Waals surface area contributed by atoms with Crippen LogP contribution in [0.25, 0.3) is 11.0 Å². The summed E-state index contributed by atoms with van der Waals surface area (Å²) in [5.41, 5.74) is -1.97. The van der Waals surface area contributed by atoms with Gasteiger partial charge in [0, 0.05) is 20.2 Å². The number of H-pyrrole nitrogens is 1. The summed E-state index contributed by atoms with van der Waals surface area (Å²) in [6.07, 6.45) is -2.49. The van der Waals surface area contributed by atoms with Crippen molar-refractivity contribution in [1.82, 2.24) is 9.97 Å². The Hall–Kier alpha value is -1.79. The Kier molecular flexibility index (Phi) is 2.48. The normalized spacial score (nSPS) is 12.1. The first-order valence-corrected chi connectivity index (χ1v) is 4.65. The number of hydrogen-bond acceptors (Lipinski definition) is 2. The standard InChI is InChI=1S/C10H8F4N3/c1-17(2)9-5(11)3-6-8(16-4-15-6)7(9)10(12,13)14/h3H,1-2H3,(H,15,16). The topological polar surface area (TPSA) is 31.9 Å². The summed E-state index contributed by atoms with van der Waals surface area (Å²) in [6.45, 7) is 0. The number of aromatic nitrogens is 2. The van der Waals surface area contributed by atoms with Crippen molar-refractivity contribution >= 4 is 16.7 Å². The van der Waals surface area contributed by atoms with Crippen LogP contribution in [0.2, 0.25) is 0 Å². The third kappa shape index (κ3) is 1.81. The Morgan fingerprint density at radius 2 is 2.00 bits per heavy atom. The fourth-order valence-corrected chi connectivity index (χ4v) is 1.69. The van der Waals surface area contributed by atoms with Crippen molar-refractivity contribution in [2.45, 2.75) is 6.18 Å². The number of nitrogens with one attached hydrogen (secondary N) is 1. The molecule has 0 aliphatic heterocycles. The van der Waals surface area contributed by atoms with Gasteiger partial charge in [-0.3, -0.25) is 0 Å². The molecule has 0 aliphatic carbocycles. The molecule has 1 N–H and O–H groups in total. The Labute approximate surface area is 94.1 Å². The Morgan fingerprint density at radius 3 is 2.53 bits per heavy atom. The molecule has 91 valence electrons. The second kappa shape index (κ2) is 3.61. The van der Waals surface area contributed by atoms with E-state index in [0.29, 0.717) is 0 Å². The van der Waals surface area contributed by atoms with Crippen LogP contribution in [0.1, 0.15) is 5.56 Å². The first-order chi connectivity index (χ1) is 7.82. The zero-order chi connectivity index (χ0) is 12.8. The third-order valence-corrected chi connectivity index (χ3v) is 2.31. The van der Waals surface area contributed by atoms with E-state index in [1.807, 2.05) is 0 Å². The summed E-state index contributed by atoms with van der Waals surface area (Å²) in [6, 6.07) is 0.976. The van der Waals surface area contributed by atoms with Crippen molar-refractivity contribution in [2.24, 2.45) is 0 Å². The number of imidazole rings is 1. The number of nitrogens with zero attached hydrogens (tertiary/aromatic N) is 2. The van der Waals surface area contributed by atoms with Crippen LogP contribution in [0.5, 0.6) is 0 Å². The van der Waals surface area contributed by atoms with Gasteiger partial charge < -0.3 is 9.88 Å². The SMILES string of the molecule is CN(C)c1c(F)cc2[nH][c]nc2c1C(F)(F)F. The fourth-order valence-electron chi connectivity index (χ4n) is 1.69. The Balaban J connectivity index is 2.91. The first kappa shape index (κ1) is 11.7. The smallest absolute Gasteiger partial charge is 0.375 e. The van der Waals surface area contributed by atoms with Gasteiger partial charge in [0.15, 0.2) is 6.33 Å². The van der Waals surface area contributed by atoms with Gasteiger partial charge in [0.25, 0.3) is 0 Å². The predicted octanol–water partition coefficient (Wildman–Crippen LogP) is 2.59. The zero-order valence-corrected chi connectivity index (χ0v) is 8.98. The second-order valence-electron chi connectivity index (χ2n) is 3.72. The number of aromatic amines is 1. The number of rotatable bonds is 1. The van der Waals surface area contributed by atoms with Crippen LogP contribution in [0.15, 0.2) is 6.07 Å².